The lowest BCUT2D eigenvalue weighted by molar-refractivity contribution is 0.0466. The molecule has 21 heavy (non-hydrogen) atoms. The molecule has 0 radical (unpaired) electrons. The second-order valence-corrected chi connectivity index (χ2v) is 6.14. The molecule has 3 aromatic rings. The van der Waals surface area contributed by atoms with E-state index in [4.69, 9.17) is 16.3 Å². The molecule has 0 fully saturated rings. The summed E-state index contributed by atoms with van der Waals surface area (Å²) in [5, 5.41) is 6.90. The maximum atomic E-state index is 11.9. The molecule has 4 nitrogen and oxygen atoms in total. The molecule has 3 rings (SSSR count). The lowest BCUT2D eigenvalue weighted by Crippen LogP contribution is -2.05. The van der Waals surface area contributed by atoms with Gasteiger partial charge < -0.3 is 4.74 Å². The van der Waals surface area contributed by atoms with Gasteiger partial charge in [-0.2, -0.15) is 11.3 Å². The summed E-state index contributed by atoms with van der Waals surface area (Å²) in [6.07, 6.45) is 1.58. The van der Waals surface area contributed by atoms with Gasteiger partial charge in [-0.15, -0.1) is 11.3 Å². The molecule has 0 saturated heterocycles. The number of carbonyl (C=O) groups is 1. The smallest absolute Gasteiger partial charge is 0.358 e. The molecule has 0 aliphatic rings. The van der Waals surface area contributed by atoms with Crippen LogP contribution in [0.1, 0.15) is 16.1 Å². The zero-order valence-electron chi connectivity index (χ0n) is 10.7. The van der Waals surface area contributed by atoms with Gasteiger partial charge in [0.2, 0.25) is 0 Å². The standard InChI is InChI=1S/C14H9ClN2O2S2/c15-12-2-1-9(5-16-12)6-19-14(18)11-8-21-13(17-11)10-3-4-20-7-10/h1-5,7-8H,6H2. The normalized spacial score (nSPS) is 10.5. The fourth-order valence-electron chi connectivity index (χ4n) is 1.60. The minimum absolute atomic E-state index is 0.147. The van der Waals surface area contributed by atoms with E-state index in [0.717, 1.165) is 16.1 Å². The number of esters is 1. The van der Waals surface area contributed by atoms with E-state index in [9.17, 15) is 4.79 Å². The highest BCUT2D eigenvalue weighted by molar-refractivity contribution is 7.14. The molecule has 0 N–H and O–H groups in total. The van der Waals surface area contributed by atoms with E-state index in [1.165, 1.54) is 11.3 Å². The van der Waals surface area contributed by atoms with Gasteiger partial charge in [0.15, 0.2) is 5.69 Å². The van der Waals surface area contributed by atoms with Crippen molar-refractivity contribution in [2.24, 2.45) is 0 Å². The molecule has 0 unspecified atom stereocenters. The first-order valence-electron chi connectivity index (χ1n) is 5.98. The summed E-state index contributed by atoms with van der Waals surface area (Å²) < 4.78 is 5.21. The van der Waals surface area contributed by atoms with Crippen LogP contribution in [-0.4, -0.2) is 15.9 Å². The Hall–Kier alpha value is -1.76. The number of hydrogen-bond acceptors (Lipinski definition) is 6. The van der Waals surface area contributed by atoms with Crippen molar-refractivity contribution in [2.45, 2.75) is 6.61 Å². The highest BCUT2D eigenvalue weighted by Crippen LogP contribution is 2.26. The average molecular weight is 337 g/mol. The lowest BCUT2D eigenvalue weighted by Gasteiger charge is -2.02. The number of pyridine rings is 1. The zero-order valence-corrected chi connectivity index (χ0v) is 13.0. The van der Waals surface area contributed by atoms with Crippen molar-refractivity contribution in [1.29, 1.82) is 0 Å². The van der Waals surface area contributed by atoms with Gasteiger partial charge in [-0.3, -0.25) is 0 Å². The van der Waals surface area contributed by atoms with Gasteiger partial charge in [0.05, 0.1) is 0 Å². The van der Waals surface area contributed by atoms with Gasteiger partial charge in [0.25, 0.3) is 0 Å². The van der Waals surface area contributed by atoms with Gasteiger partial charge in [-0.05, 0) is 17.5 Å². The summed E-state index contributed by atoms with van der Waals surface area (Å²) in [7, 11) is 0. The van der Waals surface area contributed by atoms with Gasteiger partial charge in [0, 0.05) is 28.1 Å². The van der Waals surface area contributed by atoms with Gasteiger partial charge in [-0.1, -0.05) is 17.7 Å². The number of nitrogens with zero attached hydrogens (tertiary/aromatic N) is 2. The summed E-state index contributed by atoms with van der Waals surface area (Å²) in [6.45, 7) is 0.147. The van der Waals surface area contributed by atoms with Crippen molar-refractivity contribution in [3.05, 3.63) is 56.9 Å². The summed E-state index contributed by atoms with van der Waals surface area (Å²) >= 11 is 8.71. The van der Waals surface area contributed by atoms with Crippen LogP contribution in [0.2, 0.25) is 5.15 Å². The molecule has 0 aliphatic carbocycles. The van der Waals surface area contributed by atoms with Crippen LogP contribution in [0.15, 0.2) is 40.5 Å². The lowest BCUT2D eigenvalue weighted by atomic mass is 10.3. The first-order valence-corrected chi connectivity index (χ1v) is 8.18. The van der Waals surface area contributed by atoms with Crippen LogP contribution in [0.4, 0.5) is 0 Å². The number of ether oxygens (including phenoxy) is 1. The molecular formula is C14H9ClN2O2S2. The quantitative estimate of drug-likeness (QED) is 0.527. The molecule has 106 valence electrons. The van der Waals surface area contributed by atoms with Crippen LogP contribution in [-0.2, 0) is 11.3 Å². The largest absolute Gasteiger partial charge is 0.456 e. The SMILES string of the molecule is O=C(OCc1ccc(Cl)nc1)c1csc(-c2ccsc2)n1. The first kappa shape index (κ1) is 14.2. The van der Waals surface area contributed by atoms with Gasteiger partial charge >= 0.3 is 5.97 Å². The fourth-order valence-corrected chi connectivity index (χ4v) is 3.21. The van der Waals surface area contributed by atoms with Crippen molar-refractivity contribution in [1.82, 2.24) is 9.97 Å². The van der Waals surface area contributed by atoms with E-state index >= 15 is 0 Å². The minimum Gasteiger partial charge on any atom is -0.456 e. The number of rotatable bonds is 4. The van der Waals surface area contributed by atoms with Crippen molar-refractivity contribution < 1.29 is 9.53 Å². The Kier molecular flexibility index (Phi) is 4.28. The van der Waals surface area contributed by atoms with Crippen LogP contribution >= 0.6 is 34.3 Å². The van der Waals surface area contributed by atoms with Crippen molar-refractivity contribution in [3.8, 4) is 10.6 Å². The summed E-state index contributed by atoms with van der Waals surface area (Å²) in [5.74, 6) is -0.442. The molecule has 0 aromatic carbocycles. The van der Waals surface area contributed by atoms with E-state index in [1.54, 1.807) is 35.0 Å². The number of halogens is 1. The van der Waals surface area contributed by atoms with Crippen molar-refractivity contribution >= 4 is 40.2 Å². The van der Waals surface area contributed by atoms with Crippen LogP contribution in [0.25, 0.3) is 10.6 Å². The second-order valence-electron chi connectivity index (χ2n) is 4.12. The zero-order chi connectivity index (χ0) is 14.7. The molecule has 3 aromatic heterocycles. The summed E-state index contributed by atoms with van der Waals surface area (Å²) in [6, 6.07) is 5.39. The molecule has 0 amide bonds. The second kappa shape index (κ2) is 6.34. The van der Waals surface area contributed by atoms with Crippen molar-refractivity contribution in [3.63, 3.8) is 0 Å². The predicted molar refractivity (Wildman–Crippen MR) is 83.8 cm³/mol. The van der Waals surface area contributed by atoms with Crippen LogP contribution in [0.5, 0.6) is 0 Å². The molecule has 0 spiro atoms. The number of aromatic nitrogens is 2. The third-order valence-electron chi connectivity index (χ3n) is 2.64. The Morgan fingerprint density at radius 3 is 2.90 bits per heavy atom. The van der Waals surface area contributed by atoms with E-state index in [-0.39, 0.29) is 6.61 Å². The number of carbonyl (C=O) groups excluding carboxylic acids is 1. The fraction of sp³-hybridized carbons (Fsp3) is 0.0714. The third kappa shape index (κ3) is 3.47. The molecule has 0 aliphatic heterocycles. The van der Waals surface area contributed by atoms with E-state index in [1.807, 2.05) is 16.8 Å². The molecular weight excluding hydrogens is 328 g/mol. The number of hydrogen-bond donors (Lipinski definition) is 0. The Labute approximate surface area is 134 Å². The Bertz CT molecular complexity index is 739. The Morgan fingerprint density at radius 1 is 1.29 bits per heavy atom. The monoisotopic (exact) mass is 336 g/mol. The van der Waals surface area contributed by atoms with Crippen molar-refractivity contribution in [2.75, 3.05) is 0 Å². The highest BCUT2D eigenvalue weighted by Gasteiger charge is 2.13. The molecule has 0 bridgehead atoms. The number of thiophene rings is 1. The number of thiazole rings is 1. The van der Waals surface area contributed by atoms with Crippen LogP contribution in [0.3, 0.4) is 0 Å². The maximum Gasteiger partial charge on any atom is 0.358 e. The topological polar surface area (TPSA) is 52.1 Å². The van der Waals surface area contributed by atoms with E-state index in [2.05, 4.69) is 9.97 Å². The third-order valence-corrected chi connectivity index (χ3v) is 4.44. The minimum atomic E-state index is -0.442. The summed E-state index contributed by atoms with van der Waals surface area (Å²) in [4.78, 5) is 20.2. The average Bonchev–Trinajstić information content (AvgIpc) is 3.17. The van der Waals surface area contributed by atoms with Gasteiger partial charge in [0.1, 0.15) is 16.8 Å². The molecule has 0 atom stereocenters. The van der Waals surface area contributed by atoms with Crippen LogP contribution in [0, 0.1) is 0 Å². The molecule has 3 heterocycles. The van der Waals surface area contributed by atoms with Crippen LogP contribution < -0.4 is 0 Å². The van der Waals surface area contributed by atoms with E-state index < -0.39 is 5.97 Å². The summed E-state index contributed by atoms with van der Waals surface area (Å²) in [5.41, 5.74) is 2.12. The predicted octanol–water partition coefficient (Wildman–Crippen LogP) is 4.28. The van der Waals surface area contributed by atoms with E-state index in [0.29, 0.717) is 10.8 Å². The molecule has 0 saturated carbocycles. The van der Waals surface area contributed by atoms with Gasteiger partial charge in [-0.25, -0.2) is 14.8 Å². The Morgan fingerprint density at radius 2 is 2.19 bits per heavy atom. The Balaban J connectivity index is 1.64. The highest BCUT2D eigenvalue weighted by atomic mass is 35.5. The first-order chi connectivity index (χ1) is 10.2. The molecule has 7 heteroatoms. The maximum absolute atomic E-state index is 11.9.